The highest BCUT2D eigenvalue weighted by atomic mass is 16.5. The molecule has 7 heteroatoms. The van der Waals surface area contributed by atoms with Gasteiger partial charge in [0.15, 0.2) is 0 Å². The summed E-state index contributed by atoms with van der Waals surface area (Å²) < 4.78 is 5.44. The van der Waals surface area contributed by atoms with Crippen molar-refractivity contribution in [2.24, 2.45) is 0 Å². The number of hydrogen-bond acceptors (Lipinski definition) is 4. The van der Waals surface area contributed by atoms with E-state index in [1.54, 1.807) is 7.11 Å². The van der Waals surface area contributed by atoms with Crippen LogP contribution in [0.15, 0.2) is 30.3 Å². The number of nitrogens with one attached hydrogen (secondary N) is 1. The van der Waals surface area contributed by atoms with Crippen LogP contribution in [0.25, 0.3) is 6.08 Å². The summed E-state index contributed by atoms with van der Waals surface area (Å²) in [6, 6.07) is 8.36. The largest absolute Gasteiger partial charge is 0.496 e. The lowest BCUT2D eigenvalue weighted by Gasteiger charge is -2.36. The Morgan fingerprint density at radius 1 is 1.08 bits per heavy atom. The lowest BCUT2D eigenvalue weighted by molar-refractivity contribution is -0.131. The molecule has 200 valence electrons. The molecular formula is C29H46N4O3. The fraction of sp³-hybridized carbons (Fsp3) is 0.655. The Balaban J connectivity index is 1.47. The third-order valence-corrected chi connectivity index (χ3v) is 7.39. The molecule has 3 rings (SSSR count). The average Bonchev–Trinajstić information content (AvgIpc) is 2.91. The number of ether oxygens (including phenoxy) is 1. The minimum Gasteiger partial charge on any atom is -0.496 e. The van der Waals surface area contributed by atoms with Crippen LogP contribution in [0.4, 0.5) is 4.79 Å². The van der Waals surface area contributed by atoms with Gasteiger partial charge in [-0.15, -0.1) is 0 Å². The molecule has 1 aromatic rings. The first-order valence-corrected chi connectivity index (χ1v) is 14.0. The number of hydrogen-bond donors (Lipinski definition) is 1. The van der Waals surface area contributed by atoms with E-state index in [9.17, 15) is 9.59 Å². The number of piperazine rings is 1. The number of amides is 3. The highest BCUT2D eigenvalue weighted by Gasteiger charge is 2.24. The zero-order chi connectivity index (χ0) is 25.6. The van der Waals surface area contributed by atoms with Crippen molar-refractivity contribution in [3.05, 3.63) is 35.9 Å². The van der Waals surface area contributed by atoms with Crippen molar-refractivity contribution >= 4 is 18.0 Å². The fourth-order valence-electron chi connectivity index (χ4n) is 5.06. The second-order valence-electron chi connectivity index (χ2n) is 10.1. The van der Waals surface area contributed by atoms with Crippen molar-refractivity contribution in [1.82, 2.24) is 20.0 Å². The SMILES string of the molecule is CCCCCC(=O)N(C/C=C/c1ccccc1OC)CCN1CCN(C(=O)NC2CCCCC2)CC1. The molecule has 0 unspecified atom stereocenters. The molecule has 3 amide bonds. The Morgan fingerprint density at radius 3 is 2.56 bits per heavy atom. The predicted octanol–water partition coefficient (Wildman–Crippen LogP) is 4.78. The Labute approximate surface area is 217 Å². The van der Waals surface area contributed by atoms with E-state index in [0.29, 0.717) is 25.6 Å². The Bertz CT molecular complexity index is 830. The van der Waals surface area contributed by atoms with E-state index in [0.717, 1.165) is 76.1 Å². The van der Waals surface area contributed by atoms with Gasteiger partial charge in [-0.05, 0) is 25.3 Å². The number of benzene rings is 1. The topological polar surface area (TPSA) is 65.1 Å². The molecule has 0 radical (unpaired) electrons. The van der Waals surface area contributed by atoms with Crippen molar-refractivity contribution in [3.8, 4) is 5.75 Å². The lowest BCUT2D eigenvalue weighted by atomic mass is 9.96. The van der Waals surface area contributed by atoms with Gasteiger partial charge in [0.05, 0.1) is 7.11 Å². The maximum absolute atomic E-state index is 13.0. The molecule has 2 aliphatic rings. The van der Waals surface area contributed by atoms with Crippen molar-refractivity contribution in [2.45, 2.75) is 70.8 Å². The maximum atomic E-state index is 13.0. The number of carbonyl (C=O) groups excluding carboxylic acids is 2. The highest BCUT2D eigenvalue weighted by Crippen LogP contribution is 2.19. The quantitative estimate of drug-likeness (QED) is 0.422. The second-order valence-corrected chi connectivity index (χ2v) is 10.1. The Morgan fingerprint density at radius 2 is 1.83 bits per heavy atom. The monoisotopic (exact) mass is 498 g/mol. The lowest BCUT2D eigenvalue weighted by Crippen LogP contribution is -2.54. The number of methoxy groups -OCH3 is 1. The first-order chi connectivity index (χ1) is 17.6. The zero-order valence-corrected chi connectivity index (χ0v) is 22.4. The van der Waals surface area contributed by atoms with E-state index in [-0.39, 0.29) is 11.9 Å². The summed E-state index contributed by atoms with van der Waals surface area (Å²) in [6.07, 6.45) is 13.8. The molecule has 36 heavy (non-hydrogen) atoms. The molecule has 0 bridgehead atoms. The van der Waals surface area contributed by atoms with Crippen LogP contribution in [0.3, 0.4) is 0 Å². The Hall–Kier alpha value is -2.54. The summed E-state index contributed by atoms with van der Waals surface area (Å²) in [6.45, 7) is 7.49. The van der Waals surface area contributed by atoms with E-state index in [2.05, 4.69) is 23.2 Å². The van der Waals surface area contributed by atoms with Crippen LogP contribution in [0.5, 0.6) is 5.75 Å². The summed E-state index contributed by atoms with van der Waals surface area (Å²) in [5, 5.41) is 3.24. The number of para-hydroxylation sites is 1. The van der Waals surface area contributed by atoms with Gasteiger partial charge >= 0.3 is 6.03 Å². The number of rotatable bonds is 12. The molecule has 1 heterocycles. The van der Waals surface area contributed by atoms with E-state index in [1.807, 2.05) is 40.1 Å². The first-order valence-electron chi connectivity index (χ1n) is 14.0. The molecule has 1 saturated carbocycles. The van der Waals surface area contributed by atoms with Crippen LogP contribution in [-0.4, -0.2) is 85.6 Å². The van der Waals surface area contributed by atoms with Crippen molar-refractivity contribution in [2.75, 3.05) is 52.9 Å². The van der Waals surface area contributed by atoms with E-state index in [1.165, 1.54) is 19.3 Å². The molecular weight excluding hydrogens is 452 g/mol. The molecule has 1 aliphatic carbocycles. The van der Waals surface area contributed by atoms with Gasteiger partial charge in [0.25, 0.3) is 0 Å². The minimum absolute atomic E-state index is 0.0933. The molecule has 1 N–H and O–H groups in total. The smallest absolute Gasteiger partial charge is 0.317 e. The fourth-order valence-corrected chi connectivity index (χ4v) is 5.06. The molecule has 0 atom stereocenters. The van der Waals surface area contributed by atoms with Crippen LogP contribution >= 0.6 is 0 Å². The standard InChI is InChI=1S/C29H46N4O3/c1-3-4-6-17-28(34)32(18-11-13-25-12-9-10-16-27(25)36-2)22-19-31-20-23-33(24-21-31)29(35)30-26-14-7-5-8-15-26/h9-13,16,26H,3-8,14-15,17-24H2,1-2H3,(H,30,35)/b13-11+. The van der Waals surface area contributed by atoms with Gasteiger partial charge in [-0.2, -0.15) is 0 Å². The van der Waals surface area contributed by atoms with E-state index < -0.39 is 0 Å². The summed E-state index contributed by atoms with van der Waals surface area (Å²) in [7, 11) is 1.68. The van der Waals surface area contributed by atoms with Gasteiger partial charge in [-0.1, -0.05) is 69.4 Å². The molecule has 1 saturated heterocycles. The van der Waals surface area contributed by atoms with Gasteiger partial charge in [-0.3, -0.25) is 9.69 Å². The third-order valence-electron chi connectivity index (χ3n) is 7.39. The number of carbonyl (C=O) groups is 2. The molecule has 0 aromatic heterocycles. The second kappa shape index (κ2) is 15.5. The Kier molecular flexibility index (Phi) is 12.1. The van der Waals surface area contributed by atoms with E-state index >= 15 is 0 Å². The van der Waals surface area contributed by atoms with Crippen LogP contribution in [-0.2, 0) is 4.79 Å². The summed E-state index contributed by atoms with van der Waals surface area (Å²) in [5.41, 5.74) is 1.01. The van der Waals surface area contributed by atoms with Crippen molar-refractivity contribution in [1.29, 1.82) is 0 Å². The summed E-state index contributed by atoms with van der Waals surface area (Å²) >= 11 is 0. The van der Waals surface area contributed by atoms with Crippen molar-refractivity contribution < 1.29 is 14.3 Å². The normalized spacial score (nSPS) is 17.3. The predicted molar refractivity (Wildman–Crippen MR) is 146 cm³/mol. The summed E-state index contributed by atoms with van der Waals surface area (Å²) in [4.78, 5) is 31.9. The third kappa shape index (κ3) is 9.16. The minimum atomic E-state index is 0.0933. The maximum Gasteiger partial charge on any atom is 0.317 e. The highest BCUT2D eigenvalue weighted by molar-refractivity contribution is 5.76. The van der Waals surface area contributed by atoms with Crippen LogP contribution in [0.2, 0.25) is 0 Å². The average molecular weight is 499 g/mol. The molecule has 1 aliphatic heterocycles. The van der Waals surface area contributed by atoms with Crippen LogP contribution in [0, 0.1) is 0 Å². The van der Waals surface area contributed by atoms with Crippen LogP contribution in [0.1, 0.15) is 70.3 Å². The summed E-state index contributed by atoms with van der Waals surface area (Å²) in [5.74, 6) is 1.05. The van der Waals surface area contributed by atoms with Gasteiger partial charge in [0, 0.05) is 63.8 Å². The first kappa shape index (κ1) is 28.0. The van der Waals surface area contributed by atoms with Gasteiger partial charge in [0.1, 0.15) is 5.75 Å². The van der Waals surface area contributed by atoms with Gasteiger partial charge in [-0.25, -0.2) is 4.79 Å². The number of urea groups is 1. The van der Waals surface area contributed by atoms with Crippen molar-refractivity contribution in [3.63, 3.8) is 0 Å². The number of nitrogens with zero attached hydrogens (tertiary/aromatic N) is 3. The molecule has 0 spiro atoms. The number of unbranched alkanes of at least 4 members (excludes halogenated alkanes) is 2. The van der Waals surface area contributed by atoms with Gasteiger partial charge < -0.3 is 19.9 Å². The molecule has 2 fully saturated rings. The molecule has 1 aromatic carbocycles. The van der Waals surface area contributed by atoms with Gasteiger partial charge in [0.2, 0.25) is 5.91 Å². The molecule has 7 nitrogen and oxygen atoms in total. The zero-order valence-electron chi connectivity index (χ0n) is 22.4. The van der Waals surface area contributed by atoms with E-state index in [4.69, 9.17) is 4.74 Å². The van der Waals surface area contributed by atoms with Crippen LogP contribution < -0.4 is 10.1 Å².